The van der Waals surface area contributed by atoms with E-state index in [0.717, 1.165) is 5.56 Å². The van der Waals surface area contributed by atoms with E-state index in [1.165, 1.54) is 14.2 Å². The lowest BCUT2D eigenvalue weighted by Crippen LogP contribution is -2.42. The number of methoxy groups -OCH3 is 2. The number of benzene rings is 2. The van der Waals surface area contributed by atoms with Gasteiger partial charge >= 0.3 is 5.97 Å². The Balaban J connectivity index is 2.05. The molecule has 0 heterocycles. The minimum atomic E-state index is -0.856. The van der Waals surface area contributed by atoms with E-state index in [0.29, 0.717) is 29.2 Å². The van der Waals surface area contributed by atoms with E-state index in [2.05, 4.69) is 5.32 Å². The van der Waals surface area contributed by atoms with Crippen molar-refractivity contribution in [3.63, 3.8) is 0 Å². The highest BCUT2D eigenvalue weighted by Crippen LogP contribution is 2.25. The summed E-state index contributed by atoms with van der Waals surface area (Å²) in [6, 6.07) is 11.0. The van der Waals surface area contributed by atoms with Gasteiger partial charge < -0.3 is 19.5 Å². The number of hydrogen-bond donors (Lipinski definition) is 1. The molecule has 2 aromatic rings. The third kappa shape index (κ3) is 7.03. The molecular weight excluding hydrogens is 418 g/mol. The van der Waals surface area contributed by atoms with Gasteiger partial charge in [-0.15, -0.1) is 0 Å². The Morgan fingerprint density at radius 3 is 2.48 bits per heavy atom. The molecule has 2 aromatic carbocycles. The predicted molar refractivity (Wildman–Crippen MR) is 120 cm³/mol. The fourth-order valence-electron chi connectivity index (χ4n) is 2.86. The summed E-state index contributed by atoms with van der Waals surface area (Å²) in [6.07, 6.45) is 2.29. The van der Waals surface area contributed by atoms with Gasteiger partial charge in [0.25, 0.3) is 5.91 Å². The summed E-state index contributed by atoms with van der Waals surface area (Å²) in [7, 11) is 2.95. The number of aryl methyl sites for hydroxylation is 1. The lowest BCUT2D eigenvalue weighted by Gasteiger charge is -2.17. The molecule has 0 spiro atoms. The SMILES string of the molecule is COc1ccc(C(=O)COC(=O)C(CCSC)NC(=O)c2cccc(C)c2)c(OC)c1. The van der Waals surface area contributed by atoms with Crippen LogP contribution >= 0.6 is 11.8 Å². The van der Waals surface area contributed by atoms with Crippen LogP contribution in [-0.2, 0) is 9.53 Å². The highest BCUT2D eigenvalue weighted by Gasteiger charge is 2.24. The molecule has 0 aliphatic heterocycles. The number of hydrogen-bond acceptors (Lipinski definition) is 7. The average molecular weight is 446 g/mol. The van der Waals surface area contributed by atoms with Crippen molar-refractivity contribution in [2.24, 2.45) is 0 Å². The monoisotopic (exact) mass is 445 g/mol. The fraction of sp³-hybridized carbons (Fsp3) is 0.348. The summed E-state index contributed by atoms with van der Waals surface area (Å²) in [5.41, 5.74) is 1.68. The third-order valence-corrected chi connectivity index (χ3v) is 5.18. The van der Waals surface area contributed by atoms with E-state index in [1.54, 1.807) is 48.2 Å². The highest BCUT2D eigenvalue weighted by atomic mass is 32.2. The van der Waals surface area contributed by atoms with Crippen molar-refractivity contribution in [3.05, 3.63) is 59.2 Å². The molecule has 0 saturated carbocycles. The Kier molecular flexibility index (Phi) is 9.40. The fourth-order valence-corrected chi connectivity index (χ4v) is 3.33. The zero-order valence-electron chi connectivity index (χ0n) is 18.1. The lowest BCUT2D eigenvalue weighted by molar-refractivity contribution is -0.144. The average Bonchev–Trinajstić information content (AvgIpc) is 2.79. The molecule has 0 aliphatic carbocycles. The minimum Gasteiger partial charge on any atom is -0.497 e. The van der Waals surface area contributed by atoms with Crippen molar-refractivity contribution >= 4 is 29.4 Å². The zero-order valence-corrected chi connectivity index (χ0v) is 18.9. The molecule has 1 amide bonds. The number of ketones is 1. The van der Waals surface area contributed by atoms with Crippen LogP contribution in [0.5, 0.6) is 11.5 Å². The Bertz CT molecular complexity index is 930. The molecular formula is C23H27NO6S. The van der Waals surface area contributed by atoms with Gasteiger partial charge in [0, 0.05) is 11.6 Å². The number of carbonyl (C=O) groups excluding carboxylic acids is 3. The molecule has 1 unspecified atom stereocenters. The van der Waals surface area contributed by atoms with Crippen molar-refractivity contribution in [1.29, 1.82) is 0 Å². The lowest BCUT2D eigenvalue weighted by atomic mass is 10.1. The van der Waals surface area contributed by atoms with E-state index in [-0.39, 0.29) is 11.5 Å². The van der Waals surface area contributed by atoms with Crippen molar-refractivity contribution in [2.75, 3.05) is 32.8 Å². The first-order valence-corrected chi connectivity index (χ1v) is 11.1. The highest BCUT2D eigenvalue weighted by molar-refractivity contribution is 7.98. The van der Waals surface area contributed by atoms with Gasteiger partial charge in [0.05, 0.1) is 19.8 Å². The molecule has 0 saturated heterocycles. The molecule has 0 aliphatic rings. The summed E-state index contributed by atoms with van der Waals surface area (Å²) in [5, 5.41) is 2.72. The van der Waals surface area contributed by atoms with Crippen LogP contribution in [0.2, 0.25) is 0 Å². The molecule has 1 atom stereocenters. The van der Waals surface area contributed by atoms with Gasteiger partial charge in [0.1, 0.15) is 17.5 Å². The molecule has 0 bridgehead atoms. The normalized spacial score (nSPS) is 11.4. The number of nitrogens with one attached hydrogen (secondary N) is 1. The molecule has 8 heteroatoms. The summed E-state index contributed by atoms with van der Waals surface area (Å²) >= 11 is 1.55. The van der Waals surface area contributed by atoms with Gasteiger partial charge in [-0.3, -0.25) is 9.59 Å². The topological polar surface area (TPSA) is 90.9 Å². The molecule has 0 fully saturated rings. The molecule has 2 rings (SSSR count). The van der Waals surface area contributed by atoms with Crippen molar-refractivity contribution in [3.8, 4) is 11.5 Å². The van der Waals surface area contributed by atoms with Crippen LogP contribution in [0.25, 0.3) is 0 Å². The summed E-state index contributed by atoms with van der Waals surface area (Å²) < 4.78 is 15.6. The van der Waals surface area contributed by atoms with Crippen LogP contribution < -0.4 is 14.8 Å². The van der Waals surface area contributed by atoms with Crippen LogP contribution in [0.15, 0.2) is 42.5 Å². The van der Waals surface area contributed by atoms with Gasteiger partial charge in [-0.25, -0.2) is 4.79 Å². The van der Waals surface area contributed by atoms with Crippen LogP contribution in [-0.4, -0.2) is 56.5 Å². The quantitative estimate of drug-likeness (QED) is 0.419. The van der Waals surface area contributed by atoms with Crippen LogP contribution in [0.4, 0.5) is 0 Å². The van der Waals surface area contributed by atoms with Crippen LogP contribution in [0.1, 0.15) is 32.7 Å². The first-order valence-electron chi connectivity index (χ1n) is 9.68. The maximum absolute atomic E-state index is 12.6. The van der Waals surface area contributed by atoms with E-state index >= 15 is 0 Å². The van der Waals surface area contributed by atoms with Gasteiger partial charge in [0.15, 0.2) is 6.61 Å². The van der Waals surface area contributed by atoms with Gasteiger partial charge in [-0.1, -0.05) is 17.7 Å². The Labute approximate surface area is 186 Å². The zero-order chi connectivity index (χ0) is 22.8. The second-order valence-corrected chi connectivity index (χ2v) is 7.76. The van der Waals surface area contributed by atoms with Crippen LogP contribution in [0.3, 0.4) is 0 Å². The molecule has 31 heavy (non-hydrogen) atoms. The molecule has 7 nitrogen and oxygen atoms in total. The number of Topliss-reactive ketones (excluding diaryl/α,β-unsaturated/α-hetero) is 1. The first kappa shape index (κ1) is 24.3. The number of carbonyl (C=O) groups is 3. The standard InChI is InChI=1S/C23H27NO6S/c1-15-6-5-7-16(12-15)22(26)24-19(10-11-31-4)23(27)30-14-20(25)18-9-8-17(28-2)13-21(18)29-3/h5-9,12-13,19H,10-11,14H2,1-4H3,(H,24,26). The molecule has 0 radical (unpaired) electrons. The molecule has 0 aromatic heterocycles. The van der Waals surface area contributed by atoms with Crippen LogP contribution in [0, 0.1) is 6.92 Å². The van der Waals surface area contributed by atoms with E-state index in [9.17, 15) is 14.4 Å². The van der Waals surface area contributed by atoms with E-state index in [4.69, 9.17) is 14.2 Å². The van der Waals surface area contributed by atoms with Gasteiger partial charge in [-0.05, 0) is 49.6 Å². The second-order valence-electron chi connectivity index (χ2n) is 6.77. The van der Waals surface area contributed by atoms with Gasteiger partial charge in [-0.2, -0.15) is 11.8 Å². The maximum Gasteiger partial charge on any atom is 0.329 e. The molecule has 166 valence electrons. The van der Waals surface area contributed by atoms with E-state index < -0.39 is 24.4 Å². The van der Waals surface area contributed by atoms with Crippen molar-refractivity contribution in [2.45, 2.75) is 19.4 Å². The number of ether oxygens (including phenoxy) is 3. The number of rotatable bonds is 11. The number of esters is 1. The number of amides is 1. The first-order chi connectivity index (χ1) is 14.9. The maximum atomic E-state index is 12.6. The van der Waals surface area contributed by atoms with E-state index in [1.807, 2.05) is 19.2 Å². The summed E-state index contributed by atoms with van der Waals surface area (Å²) in [5.74, 6) is 0.0782. The Hall–Kier alpha value is -3.00. The third-order valence-electron chi connectivity index (χ3n) is 4.54. The Morgan fingerprint density at radius 1 is 1.06 bits per heavy atom. The smallest absolute Gasteiger partial charge is 0.329 e. The molecule has 1 N–H and O–H groups in total. The number of thioether (sulfide) groups is 1. The minimum absolute atomic E-state index is 0.278. The second kappa shape index (κ2) is 12.0. The Morgan fingerprint density at radius 2 is 1.84 bits per heavy atom. The largest absolute Gasteiger partial charge is 0.497 e. The summed E-state index contributed by atoms with van der Waals surface area (Å²) in [6.45, 7) is 1.42. The summed E-state index contributed by atoms with van der Waals surface area (Å²) in [4.78, 5) is 37.7. The predicted octanol–water partition coefficient (Wildman–Crippen LogP) is 3.29. The van der Waals surface area contributed by atoms with Gasteiger partial charge in [0.2, 0.25) is 5.78 Å². The van der Waals surface area contributed by atoms with Crippen molar-refractivity contribution < 1.29 is 28.6 Å². The van der Waals surface area contributed by atoms with Crippen molar-refractivity contribution in [1.82, 2.24) is 5.32 Å².